The second-order valence-corrected chi connectivity index (χ2v) is 4.15. The molecule has 2 saturated heterocycles. The molecule has 0 aromatic carbocycles. The van der Waals surface area contributed by atoms with Crippen LogP contribution >= 0.6 is 0 Å². The van der Waals surface area contributed by atoms with Crippen molar-refractivity contribution >= 4 is 0 Å². The molecular weight excluding hydrogens is 138 g/mol. The van der Waals surface area contributed by atoms with E-state index in [4.69, 9.17) is 4.74 Å². The first-order valence-corrected chi connectivity index (χ1v) is 4.58. The van der Waals surface area contributed by atoms with Gasteiger partial charge < -0.3 is 4.74 Å². The first-order valence-electron chi connectivity index (χ1n) is 4.58. The molecule has 0 saturated carbocycles. The van der Waals surface area contributed by atoms with Crippen molar-refractivity contribution in [3.63, 3.8) is 0 Å². The van der Waals surface area contributed by atoms with Gasteiger partial charge in [-0.05, 0) is 33.2 Å². The van der Waals surface area contributed by atoms with Gasteiger partial charge in [-0.15, -0.1) is 0 Å². The maximum Gasteiger partial charge on any atom is 0.0781 e. The fourth-order valence-electron chi connectivity index (χ4n) is 2.40. The normalized spacial score (nSPS) is 37.1. The average Bonchev–Trinajstić information content (AvgIpc) is 2.34. The van der Waals surface area contributed by atoms with Crippen molar-refractivity contribution in [3.05, 3.63) is 0 Å². The van der Waals surface area contributed by atoms with Crippen LogP contribution in [0.25, 0.3) is 0 Å². The van der Waals surface area contributed by atoms with Crippen molar-refractivity contribution in [1.82, 2.24) is 4.90 Å². The lowest BCUT2D eigenvalue weighted by Gasteiger charge is -2.42. The molecule has 2 aliphatic rings. The van der Waals surface area contributed by atoms with Gasteiger partial charge in [-0.25, -0.2) is 0 Å². The molecule has 0 N–H and O–H groups in total. The molecule has 0 aromatic rings. The molecule has 0 aliphatic carbocycles. The number of ether oxygens (including phenoxy) is 1. The first kappa shape index (κ1) is 7.56. The minimum Gasteiger partial charge on any atom is -0.373 e. The minimum atomic E-state index is 0.106. The number of hydrogen-bond donors (Lipinski definition) is 0. The van der Waals surface area contributed by atoms with Crippen molar-refractivity contribution in [2.24, 2.45) is 0 Å². The second kappa shape index (κ2) is 2.46. The number of nitrogens with zero attached hydrogens (tertiary/aromatic N) is 1. The second-order valence-electron chi connectivity index (χ2n) is 4.15. The Hall–Kier alpha value is -0.0800. The summed E-state index contributed by atoms with van der Waals surface area (Å²) in [4.78, 5) is 2.57. The van der Waals surface area contributed by atoms with Crippen LogP contribution in [-0.4, -0.2) is 36.2 Å². The zero-order valence-electron chi connectivity index (χ0n) is 7.47. The molecule has 0 bridgehead atoms. The van der Waals surface area contributed by atoms with Crippen LogP contribution in [0.3, 0.4) is 0 Å². The summed E-state index contributed by atoms with van der Waals surface area (Å²) >= 11 is 0. The van der Waals surface area contributed by atoms with E-state index in [1.807, 2.05) is 0 Å². The fourth-order valence-corrected chi connectivity index (χ4v) is 2.40. The van der Waals surface area contributed by atoms with Gasteiger partial charge in [0, 0.05) is 12.6 Å². The minimum absolute atomic E-state index is 0.106. The van der Waals surface area contributed by atoms with Gasteiger partial charge >= 0.3 is 0 Å². The van der Waals surface area contributed by atoms with Gasteiger partial charge in [0.25, 0.3) is 0 Å². The number of morpholine rings is 1. The molecule has 2 heteroatoms. The maximum absolute atomic E-state index is 5.74. The fraction of sp³-hybridized carbons (Fsp3) is 1.00. The standard InChI is InChI=1S/C9H17NO/c1-9(2)8-4-3-5-10(8)6-7-11-9/h8H,3-7H2,1-2H3. The van der Waals surface area contributed by atoms with Crippen LogP contribution in [0.2, 0.25) is 0 Å². The van der Waals surface area contributed by atoms with Crippen molar-refractivity contribution in [2.45, 2.75) is 38.3 Å². The van der Waals surface area contributed by atoms with Crippen LogP contribution in [0, 0.1) is 0 Å². The SMILES string of the molecule is CC1(C)OCCN2CCCC21. The zero-order valence-corrected chi connectivity index (χ0v) is 7.47. The molecule has 2 heterocycles. The molecule has 1 atom stereocenters. The highest BCUT2D eigenvalue weighted by Gasteiger charge is 2.40. The average molecular weight is 155 g/mol. The smallest absolute Gasteiger partial charge is 0.0781 e. The van der Waals surface area contributed by atoms with Crippen LogP contribution in [0.4, 0.5) is 0 Å². The van der Waals surface area contributed by atoms with Crippen molar-refractivity contribution in [2.75, 3.05) is 19.7 Å². The third-order valence-electron chi connectivity index (χ3n) is 3.02. The summed E-state index contributed by atoms with van der Waals surface area (Å²) < 4.78 is 5.74. The van der Waals surface area contributed by atoms with Gasteiger partial charge in [-0.1, -0.05) is 0 Å². The number of rotatable bonds is 0. The predicted molar refractivity (Wildman–Crippen MR) is 44.6 cm³/mol. The monoisotopic (exact) mass is 155 g/mol. The number of hydrogen-bond acceptors (Lipinski definition) is 2. The summed E-state index contributed by atoms with van der Waals surface area (Å²) in [6.45, 7) is 7.79. The predicted octanol–water partition coefficient (Wildman–Crippen LogP) is 1.26. The Morgan fingerprint density at radius 2 is 2.18 bits per heavy atom. The van der Waals surface area contributed by atoms with Gasteiger partial charge in [-0.3, -0.25) is 4.90 Å². The Kier molecular flexibility index (Phi) is 1.69. The van der Waals surface area contributed by atoms with Gasteiger partial charge in [0.2, 0.25) is 0 Å². The lowest BCUT2D eigenvalue weighted by atomic mass is 9.95. The van der Waals surface area contributed by atoms with Crippen LogP contribution < -0.4 is 0 Å². The topological polar surface area (TPSA) is 12.5 Å². The van der Waals surface area contributed by atoms with Crippen molar-refractivity contribution in [3.8, 4) is 0 Å². The molecule has 2 aliphatic heterocycles. The summed E-state index contributed by atoms with van der Waals surface area (Å²) in [5.74, 6) is 0. The molecule has 64 valence electrons. The van der Waals surface area contributed by atoms with Crippen molar-refractivity contribution in [1.29, 1.82) is 0 Å². The van der Waals surface area contributed by atoms with E-state index in [-0.39, 0.29) is 5.60 Å². The molecule has 2 nitrogen and oxygen atoms in total. The van der Waals surface area contributed by atoms with Crippen LogP contribution in [-0.2, 0) is 4.74 Å². The van der Waals surface area contributed by atoms with E-state index in [2.05, 4.69) is 18.7 Å². The van der Waals surface area contributed by atoms with E-state index in [1.54, 1.807) is 0 Å². The van der Waals surface area contributed by atoms with Gasteiger partial charge in [-0.2, -0.15) is 0 Å². The van der Waals surface area contributed by atoms with E-state index in [9.17, 15) is 0 Å². The van der Waals surface area contributed by atoms with Gasteiger partial charge in [0.05, 0.1) is 12.2 Å². The molecule has 0 spiro atoms. The largest absolute Gasteiger partial charge is 0.373 e. The third kappa shape index (κ3) is 1.18. The lowest BCUT2D eigenvalue weighted by molar-refractivity contribution is -0.113. The first-order chi connectivity index (χ1) is 5.20. The molecular formula is C9H17NO. The lowest BCUT2D eigenvalue weighted by Crippen LogP contribution is -2.53. The number of fused-ring (bicyclic) bond motifs is 1. The van der Waals surface area contributed by atoms with E-state index in [1.165, 1.54) is 19.4 Å². The van der Waals surface area contributed by atoms with E-state index in [0.29, 0.717) is 6.04 Å². The van der Waals surface area contributed by atoms with Crippen LogP contribution in [0.5, 0.6) is 0 Å². The molecule has 0 amide bonds. The van der Waals surface area contributed by atoms with E-state index >= 15 is 0 Å². The highest BCUT2D eigenvalue weighted by atomic mass is 16.5. The van der Waals surface area contributed by atoms with Crippen molar-refractivity contribution < 1.29 is 4.74 Å². The summed E-state index contributed by atoms with van der Waals surface area (Å²) in [6.07, 6.45) is 2.68. The Morgan fingerprint density at radius 1 is 1.36 bits per heavy atom. The van der Waals surface area contributed by atoms with E-state index in [0.717, 1.165) is 13.2 Å². The Morgan fingerprint density at radius 3 is 2.91 bits per heavy atom. The summed E-state index contributed by atoms with van der Waals surface area (Å²) in [5, 5.41) is 0. The summed E-state index contributed by atoms with van der Waals surface area (Å²) in [7, 11) is 0. The Balaban J connectivity index is 2.13. The zero-order chi connectivity index (χ0) is 7.90. The van der Waals surface area contributed by atoms with Gasteiger partial charge in [0.15, 0.2) is 0 Å². The highest BCUT2D eigenvalue weighted by molar-refractivity contribution is 4.94. The molecule has 0 radical (unpaired) electrons. The van der Waals surface area contributed by atoms with E-state index < -0.39 is 0 Å². The molecule has 11 heavy (non-hydrogen) atoms. The van der Waals surface area contributed by atoms with Gasteiger partial charge in [0.1, 0.15) is 0 Å². The maximum atomic E-state index is 5.74. The quantitative estimate of drug-likeness (QED) is 0.522. The Bertz CT molecular complexity index is 156. The molecule has 1 unspecified atom stereocenters. The molecule has 2 fully saturated rings. The summed E-state index contributed by atoms with van der Waals surface area (Å²) in [5.41, 5.74) is 0.106. The third-order valence-corrected chi connectivity index (χ3v) is 3.02. The van der Waals surface area contributed by atoms with Crippen LogP contribution in [0.1, 0.15) is 26.7 Å². The molecule has 0 aromatic heterocycles. The molecule has 2 rings (SSSR count). The highest BCUT2D eigenvalue weighted by Crippen LogP contribution is 2.31. The summed E-state index contributed by atoms with van der Waals surface area (Å²) in [6, 6.07) is 0.691. The van der Waals surface area contributed by atoms with Crippen LogP contribution in [0.15, 0.2) is 0 Å². The Labute approximate surface area is 68.5 Å².